The summed E-state index contributed by atoms with van der Waals surface area (Å²) in [7, 11) is 3.83. The predicted octanol–water partition coefficient (Wildman–Crippen LogP) is 1.26. The van der Waals surface area contributed by atoms with E-state index in [0.717, 1.165) is 5.69 Å². The molecule has 1 unspecified atom stereocenters. The highest BCUT2D eigenvalue weighted by molar-refractivity contribution is 6.00. The Morgan fingerprint density at radius 1 is 1.29 bits per heavy atom. The second-order valence-corrected chi connectivity index (χ2v) is 6.79. The van der Waals surface area contributed by atoms with Gasteiger partial charge in [-0.3, -0.25) is 9.59 Å². The van der Waals surface area contributed by atoms with Crippen LogP contribution in [0.15, 0.2) is 36.5 Å². The van der Waals surface area contributed by atoms with Gasteiger partial charge in [-0.05, 0) is 24.3 Å². The van der Waals surface area contributed by atoms with E-state index in [1.165, 1.54) is 17.0 Å². The van der Waals surface area contributed by atoms with Crippen molar-refractivity contribution < 1.29 is 14.0 Å². The minimum atomic E-state index is -0.422. The molecule has 28 heavy (non-hydrogen) atoms. The quantitative estimate of drug-likeness (QED) is 0.697. The maximum atomic E-state index is 13.0. The third-order valence-electron chi connectivity index (χ3n) is 4.52. The summed E-state index contributed by atoms with van der Waals surface area (Å²) in [5.41, 5.74) is 1.52. The van der Waals surface area contributed by atoms with Crippen LogP contribution in [0.4, 0.5) is 21.6 Å². The molecule has 1 aliphatic heterocycles. The summed E-state index contributed by atoms with van der Waals surface area (Å²) in [4.78, 5) is 28.0. The SMILES string of the molecule is CN(C)c1cnnc(NCCNC(=O)C2CC(=O)N(c3ccc(F)cc3)C2)c1. The van der Waals surface area contributed by atoms with E-state index in [2.05, 4.69) is 20.8 Å². The molecule has 2 N–H and O–H groups in total. The number of carbonyl (C=O) groups excluding carboxylic acids is 2. The molecule has 0 spiro atoms. The van der Waals surface area contributed by atoms with Crippen molar-refractivity contribution in [3.63, 3.8) is 0 Å². The smallest absolute Gasteiger partial charge is 0.227 e. The van der Waals surface area contributed by atoms with Crippen molar-refractivity contribution in [1.29, 1.82) is 0 Å². The first-order valence-corrected chi connectivity index (χ1v) is 9.01. The number of aromatic nitrogens is 2. The second-order valence-electron chi connectivity index (χ2n) is 6.79. The van der Waals surface area contributed by atoms with Gasteiger partial charge in [0.2, 0.25) is 11.8 Å². The zero-order valence-electron chi connectivity index (χ0n) is 15.9. The molecule has 1 aromatic heterocycles. The van der Waals surface area contributed by atoms with Crippen LogP contribution >= 0.6 is 0 Å². The zero-order chi connectivity index (χ0) is 20.1. The molecular weight excluding hydrogens is 363 g/mol. The monoisotopic (exact) mass is 386 g/mol. The first-order valence-electron chi connectivity index (χ1n) is 9.01. The molecule has 2 aromatic rings. The Kier molecular flexibility index (Phi) is 6.03. The maximum absolute atomic E-state index is 13.0. The second kappa shape index (κ2) is 8.64. The highest BCUT2D eigenvalue weighted by Gasteiger charge is 2.34. The molecule has 0 bridgehead atoms. The number of hydrogen-bond donors (Lipinski definition) is 2. The van der Waals surface area contributed by atoms with Gasteiger partial charge in [-0.1, -0.05) is 0 Å². The summed E-state index contributed by atoms with van der Waals surface area (Å²) in [6.07, 6.45) is 1.81. The summed E-state index contributed by atoms with van der Waals surface area (Å²) in [6.45, 7) is 1.17. The minimum Gasteiger partial charge on any atom is -0.376 e. The number of anilines is 3. The summed E-state index contributed by atoms with van der Waals surface area (Å²) in [5.74, 6) is -0.472. The minimum absolute atomic E-state index is 0.138. The van der Waals surface area contributed by atoms with Crippen LogP contribution in [-0.4, -0.2) is 55.7 Å². The lowest BCUT2D eigenvalue weighted by Crippen LogP contribution is -2.35. The van der Waals surface area contributed by atoms with Crippen LogP contribution in [0, 0.1) is 11.7 Å². The van der Waals surface area contributed by atoms with Crippen molar-refractivity contribution >= 4 is 29.0 Å². The van der Waals surface area contributed by atoms with Gasteiger partial charge in [0.1, 0.15) is 5.82 Å². The van der Waals surface area contributed by atoms with Crippen molar-refractivity contribution in [3.05, 3.63) is 42.3 Å². The Bertz CT molecular complexity index is 843. The topological polar surface area (TPSA) is 90.5 Å². The number of benzene rings is 1. The van der Waals surface area contributed by atoms with Gasteiger partial charge in [0, 0.05) is 51.9 Å². The Morgan fingerprint density at radius 2 is 2.04 bits per heavy atom. The Hall–Kier alpha value is -3.23. The number of halogens is 1. The van der Waals surface area contributed by atoms with Crippen LogP contribution < -0.4 is 20.4 Å². The van der Waals surface area contributed by atoms with Crippen LogP contribution in [0.1, 0.15) is 6.42 Å². The molecule has 0 radical (unpaired) electrons. The number of amides is 2. The lowest BCUT2D eigenvalue weighted by Gasteiger charge is -2.16. The standard InChI is InChI=1S/C19H23FN6O2/c1-25(2)16-10-17(24-23-11-16)21-7-8-22-19(28)13-9-18(27)26(12-13)15-5-3-14(20)4-6-15/h3-6,10-11,13H,7-9,12H2,1-2H3,(H,21,24)(H,22,28). The predicted molar refractivity (Wildman–Crippen MR) is 105 cm³/mol. The fourth-order valence-corrected chi connectivity index (χ4v) is 2.96. The molecule has 8 nitrogen and oxygen atoms in total. The van der Waals surface area contributed by atoms with Gasteiger partial charge >= 0.3 is 0 Å². The average molecular weight is 386 g/mol. The number of rotatable bonds is 7. The van der Waals surface area contributed by atoms with Gasteiger partial charge in [-0.2, -0.15) is 5.10 Å². The Morgan fingerprint density at radius 3 is 2.75 bits per heavy atom. The van der Waals surface area contributed by atoms with Crippen molar-refractivity contribution in [3.8, 4) is 0 Å². The number of carbonyl (C=O) groups is 2. The maximum Gasteiger partial charge on any atom is 0.227 e. The highest BCUT2D eigenvalue weighted by atomic mass is 19.1. The number of hydrogen-bond acceptors (Lipinski definition) is 6. The molecule has 2 amide bonds. The fourth-order valence-electron chi connectivity index (χ4n) is 2.96. The normalized spacial score (nSPS) is 16.2. The van der Waals surface area contributed by atoms with Crippen LogP contribution in [0.2, 0.25) is 0 Å². The molecule has 1 saturated heterocycles. The third kappa shape index (κ3) is 4.73. The lowest BCUT2D eigenvalue weighted by atomic mass is 10.1. The average Bonchev–Trinajstić information content (AvgIpc) is 3.08. The van der Waals surface area contributed by atoms with E-state index < -0.39 is 5.92 Å². The molecule has 9 heteroatoms. The van der Waals surface area contributed by atoms with Crippen molar-refractivity contribution in [2.75, 3.05) is 48.8 Å². The van der Waals surface area contributed by atoms with Crippen LogP contribution in [-0.2, 0) is 9.59 Å². The molecule has 3 rings (SSSR count). The van der Waals surface area contributed by atoms with E-state index in [9.17, 15) is 14.0 Å². The Balaban J connectivity index is 1.46. The molecule has 1 aromatic carbocycles. The van der Waals surface area contributed by atoms with Crippen LogP contribution in [0.5, 0.6) is 0 Å². The van der Waals surface area contributed by atoms with E-state index in [0.29, 0.717) is 31.1 Å². The van der Waals surface area contributed by atoms with Gasteiger partial charge in [-0.15, -0.1) is 5.10 Å². The van der Waals surface area contributed by atoms with Gasteiger partial charge in [0.05, 0.1) is 17.8 Å². The molecule has 1 aliphatic rings. The number of nitrogens with zero attached hydrogens (tertiary/aromatic N) is 4. The van der Waals surface area contributed by atoms with E-state index in [1.807, 2.05) is 25.1 Å². The molecule has 1 fully saturated rings. The van der Waals surface area contributed by atoms with Gasteiger partial charge in [-0.25, -0.2) is 4.39 Å². The molecular formula is C19H23FN6O2. The summed E-state index contributed by atoms with van der Waals surface area (Å²) < 4.78 is 13.0. The first kappa shape index (κ1) is 19.5. The molecule has 2 heterocycles. The van der Waals surface area contributed by atoms with Gasteiger partial charge < -0.3 is 20.4 Å². The first-order chi connectivity index (χ1) is 13.4. The number of nitrogens with one attached hydrogen (secondary N) is 2. The largest absolute Gasteiger partial charge is 0.376 e. The van der Waals surface area contributed by atoms with Crippen molar-refractivity contribution in [2.45, 2.75) is 6.42 Å². The van der Waals surface area contributed by atoms with E-state index in [1.54, 1.807) is 18.3 Å². The zero-order valence-corrected chi connectivity index (χ0v) is 15.9. The van der Waals surface area contributed by atoms with Crippen molar-refractivity contribution in [1.82, 2.24) is 15.5 Å². The molecule has 1 atom stereocenters. The van der Waals surface area contributed by atoms with Crippen LogP contribution in [0.3, 0.4) is 0 Å². The van der Waals surface area contributed by atoms with E-state index >= 15 is 0 Å². The molecule has 0 saturated carbocycles. The molecule has 148 valence electrons. The van der Waals surface area contributed by atoms with E-state index in [4.69, 9.17) is 0 Å². The molecule has 0 aliphatic carbocycles. The van der Waals surface area contributed by atoms with Crippen molar-refractivity contribution in [2.24, 2.45) is 5.92 Å². The highest BCUT2D eigenvalue weighted by Crippen LogP contribution is 2.25. The van der Waals surface area contributed by atoms with Gasteiger partial charge in [0.25, 0.3) is 0 Å². The fraction of sp³-hybridized carbons (Fsp3) is 0.368. The summed E-state index contributed by atoms with van der Waals surface area (Å²) >= 11 is 0. The lowest BCUT2D eigenvalue weighted by molar-refractivity contribution is -0.126. The summed E-state index contributed by atoms with van der Waals surface area (Å²) in [5, 5.41) is 13.9. The van der Waals surface area contributed by atoms with Gasteiger partial charge in [0.15, 0.2) is 5.82 Å². The van der Waals surface area contributed by atoms with Crippen LogP contribution in [0.25, 0.3) is 0 Å². The summed E-state index contributed by atoms with van der Waals surface area (Å²) in [6, 6.07) is 7.55. The van der Waals surface area contributed by atoms with E-state index in [-0.39, 0.29) is 24.1 Å². The Labute approximate surface area is 162 Å². The third-order valence-corrected chi connectivity index (χ3v) is 4.52.